The Morgan fingerprint density at radius 3 is 1.92 bits per heavy atom. The summed E-state index contributed by atoms with van der Waals surface area (Å²) in [4.78, 5) is 14.3. The topological polar surface area (TPSA) is 29.5 Å². The molecule has 0 aromatic rings. The summed E-state index contributed by atoms with van der Waals surface area (Å²) in [5.41, 5.74) is -0.416. The first kappa shape index (κ1) is 22.8. The van der Waals surface area contributed by atoms with Gasteiger partial charge in [-0.2, -0.15) is 0 Å². The number of hydrogen-bond acceptors (Lipinski definition) is 2. The second kappa shape index (κ2) is 10.8. The van der Waals surface area contributed by atoms with Gasteiger partial charge in [-0.05, 0) is 0 Å². The van der Waals surface area contributed by atoms with Gasteiger partial charge in [0.25, 0.3) is 0 Å². The van der Waals surface area contributed by atoms with Gasteiger partial charge in [-0.3, -0.25) is 0 Å². The first-order valence-electron chi connectivity index (χ1n) is 10.5. The molecule has 1 aliphatic rings. The van der Waals surface area contributed by atoms with E-state index in [0.29, 0.717) is 0 Å². The molecule has 0 unspecified atom stereocenters. The third-order valence-electron chi connectivity index (χ3n) is 5.27. The van der Waals surface area contributed by atoms with Gasteiger partial charge in [0, 0.05) is 0 Å². The number of nitrogens with zero attached hydrogens (tertiary/aromatic N) is 1. The molecule has 0 atom stereocenters. The van der Waals surface area contributed by atoms with Gasteiger partial charge >= 0.3 is 161 Å². The number of rotatable bonds is 10. The number of hydrogen-bond donors (Lipinski definition) is 0. The van der Waals surface area contributed by atoms with Gasteiger partial charge < -0.3 is 0 Å². The fraction of sp³-hybridized carbons (Fsp3) is 0.857. The molecule has 0 radical (unpaired) electrons. The van der Waals surface area contributed by atoms with E-state index in [1.54, 1.807) is 3.59 Å². The van der Waals surface area contributed by atoms with Crippen LogP contribution >= 0.6 is 0 Å². The first-order valence-corrected chi connectivity index (χ1v) is 18.0. The molecule has 0 saturated carbocycles. The molecular formula is C21H41NO2Sn. The monoisotopic (exact) mass is 459 g/mol. The number of amides is 1. The van der Waals surface area contributed by atoms with Gasteiger partial charge in [-0.1, -0.05) is 0 Å². The zero-order chi connectivity index (χ0) is 18.9. The zero-order valence-electron chi connectivity index (χ0n) is 17.6. The average Bonchev–Trinajstić information content (AvgIpc) is 3.04. The minimum atomic E-state index is -2.36. The van der Waals surface area contributed by atoms with E-state index in [9.17, 15) is 4.79 Å². The molecule has 4 heteroatoms. The van der Waals surface area contributed by atoms with E-state index in [4.69, 9.17) is 4.74 Å². The number of carbonyl (C=O) groups is 1. The van der Waals surface area contributed by atoms with Crippen molar-refractivity contribution in [1.29, 1.82) is 0 Å². The van der Waals surface area contributed by atoms with Crippen LogP contribution in [0.15, 0.2) is 9.79 Å². The fourth-order valence-electron chi connectivity index (χ4n) is 3.83. The maximum atomic E-state index is 12.5. The molecule has 0 aromatic heterocycles. The van der Waals surface area contributed by atoms with Crippen LogP contribution in [0, 0.1) is 0 Å². The van der Waals surface area contributed by atoms with E-state index in [-0.39, 0.29) is 6.09 Å². The number of unbranched alkanes of at least 4 members (excludes halogenated alkanes) is 3. The van der Waals surface area contributed by atoms with Gasteiger partial charge in [0.2, 0.25) is 0 Å². The molecule has 0 bridgehead atoms. The van der Waals surface area contributed by atoms with Crippen molar-refractivity contribution < 1.29 is 9.53 Å². The van der Waals surface area contributed by atoms with Crippen LogP contribution in [-0.2, 0) is 4.74 Å². The van der Waals surface area contributed by atoms with Crippen LogP contribution in [0.2, 0.25) is 13.3 Å². The molecule has 25 heavy (non-hydrogen) atoms. The molecule has 0 aromatic carbocycles. The van der Waals surface area contributed by atoms with E-state index in [1.807, 2.05) is 25.7 Å². The quantitative estimate of drug-likeness (QED) is 0.334. The molecular weight excluding hydrogens is 417 g/mol. The van der Waals surface area contributed by atoms with E-state index in [2.05, 4.69) is 27.0 Å². The normalized spacial score (nSPS) is 15.4. The summed E-state index contributed by atoms with van der Waals surface area (Å²) in [6, 6.07) is 0. The Morgan fingerprint density at radius 2 is 1.52 bits per heavy atom. The SMILES string of the molecule is CCC[CH2][Sn]([CH2]CCC)([CH2]CCC)[C]1=CN(C(=O)OC(C)(C)C)CC1. The standard InChI is InChI=1S/C9H14NO2.3C4H9.Sn/c1-9(2,3)12-8(11)10-6-4-5-7-10;3*1-3-4-2;/h7H,4,6H2,1-3H3;3*1,3-4H2,2H3;. The Balaban J connectivity index is 2.98. The third-order valence-corrected chi connectivity index (χ3v) is 21.5. The van der Waals surface area contributed by atoms with Gasteiger partial charge in [-0.25, -0.2) is 0 Å². The van der Waals surface area contributed by atoms with Crippen molar-refractivity contribution in [3.8, 4) is 0 Å². The molecule has 146 valence electrons. The Kier molecular flexibility index (Phi) is 9.90. The molecule has 0 saturated heterocycles. The van der Waals surface area contributed by atoms with Crippen molar-refractivity contribution >= 4 is 24.5 Å². The second-order valence-electron chi connectivity index (χ2n) is 8.67. The Bertz CT molecular complexity index is 418. The van der Waals surface area contributed by atoms with Crippen molar-refractivity contribution in [2.24, 2.45) is 0 Å². The van der Waals surface area contributed by atoms with E-state index < -0.39 is 24.0 Å². The van der Waals surface area contributed by atoms with Crippen LogP contribution in [-0.4, -0.2) is 41.5 Å². The predicted molar refractivity (Wildman–Crippen MR) is 111 cm³/mol. The summed E-state index contributed by atoms with van der Waals surface area (Å²) in [5, 5.41) is 0. The maximum absolute atomic E-state index is 12.5. The molecule has 1 amide bonds. The van der Waals surface area contributed by atoms with Gasteiger partial charge in [-0.15, -0.1) is 0 Å². The molecule has 0 fully saturated rings. The van der Waals surface area contributed by atoms with Crippen LogP contribution < -0.4 is 0 Å². The van der Waals surface area contributed by atoms with Crippen molar-refractivity contribution in [1.82, 2.24) is 4.90 Å². The predicted octanol–water partition coefficient (Wildman–Crippen LogP) is 6.90. The summed E-state index contributed by atoms with van der Waals surface area (Å²) in [5.74, 6) is 0. The average molecular weight is 458 g/mol. The van der Waals surface area contributed by atoms with Crippen molar-refractivity contribution in [2.75, 3.05) is 6.54 Å². The van der Waals surface area contributed by atoms with E-state index in [1.165, 1.54) is 51.8 Å². The number of ether oxygens (including phenoxy) is 1. The van der Waals surface area contributed by atoms with Crippen molar-refractivity contribution in [3.63, 3.8) is 0 Å². The van der Waals surface area contributed by atoms with Crippen LogP contribution in [0.25, 0.3) is 0 Å². The fourth-order valence-corrected chi connectivity index (χ4v) is 20.6. The van der Waals surface area contributed by atoms with Crippen molar-refractivity contribution in [2.45, 2.75) is 105 Å². The van der Waals surface area contributed by atoms with Gasteiger partial charge in [0.1, 0.15) is 0 Å². The summed E-state index contributed by atoms with van der Waals surface area (Å²) < 4.78 is 11.7. The Morgan fingerprint density at radius 1 is 1.04 bits per heavy atom. The Labute approximate surface area is 160 Å². The first-order chi connectivity index (χ1) is 11.8. The van der Waals surface area contributed by atoms with Crippen LogP contribution in [0.3, 0.4) is 0 Å². The molecule has 1 heterocycles. The third kappa shape index (κ3) is 7.52. The van der Waals surface area contributed by atoms with E-state index >= 15 is 0 Å². The van der Waals surface area contributed by atoms with Crippen LogP contribution in [0.4, 0.5) is 4.79 Å². The summed E-state index contributed by atoms with van der Waals surface area (Å²) in [6.45, 7) is 13.6. The summed E-state index contributed by atoms with van der Waals surface area (Å²) in [7, 11) is 0. The molecule has 0 aliphatic carbocycles. The zero-order valence-corrected chi connectivity index (χ0v) is 20.5. The summed E-state index contributed by atoms with van der Waals surface area (Å²) in [6.07, 6.45) is 11.1. The van der Waals surface area contributed by atoms with Gasteiger partial charge in [0.15, 0.2) is 0 Å². The molecule has 1 aliphatic heterocycles. The van der Waals surface area contributed by atoms with Crippen molar-refractivity contribution in [3.05, 3.63) is 9.79 Å². The number of carbonyl (C=O) groups excluding carboxylic acids is 1. The van der Waals surface area contributed by atoms with Crippen LogP contribution in [0.5, 0.6) is 0 Å². The molecule has 0 spiro atoms. The summed E-state index contributed by atoms with van der Waals surface area (Å²) >= 11 is -2.36. The molecule has 0 N–H and O–H groups in total. The Hall–Kier alpha value is -0.191. The van der Waals surface area contributed by atoms with Gasteiger partial charge in [0.05, 0.1) is 0 Å². The van der Waals surface area contributed by atoms with E-state index in [0.717, 1.165) is 13.0 Å². The molecule has 3 nitrogen and oxygen atoms in total. The minimum absolute atomic E-state index is 0.163. The van der Waals surface area contributed by atoms with Crippen LogP contribution in [0.1, 0.15) is 86.5 Å². The second-order valence-corrected chi connectivity index (χ2v) is 22.1. The molecule has 1 rings (SSSR count).